The van der Waals surface area contributed by atoms with Gasteiger partial charge in [0, 0.05) is 35.0 Å². The molecule has 33 heavy (non-hydrogen) atoms. The van der Waals surface area contributed by atoms with Gasteiger partial charge >= 0.3 is 0 Å². The van der Waals surface area contributed by atoms with Crippen LogP contribution >= 0.6 is 0 Å². The SMILES string of the molecule is C=CN\C=C/C(=C\Cc1ccc2c(C)c(C)[nH]c2c1)C(/C=C\N=C)=N\CNC1CCCCC1. The highest BCUT2D eigenvalue weighted by molar-refractivity contribution is 6.10. The van der Waals surface area contributed by atoms with E-state index in [-0.39, 0.29) is 0 Å². The standard InChI is InChI=1S/C28H37N5/c1-5-30-18-15-24(13-11-23-12-14-26-21(2)22(3)33-28(26)19-23)27(16-17-29-4)32-20-31-25-9-7-6-8-10-25/h5,12-19,25,30-31,33H,1,4,6-11,20H2,2-3H3/b17-16-,18-15-,24-13+,32-27-. The molecule has 5 heteroatoms. The van der Waals surface area contributed by atoms with Gasteiger partial charge in [0.2, 0.25) is 0 Å². The molecule has 0 bridgehead atoms. The first kappa shape index (κ1) is 24.5. The zero-order valence-electron chi connectivity index (χ0n) is 20.0. The molecule has 1 heterocycles. The molecule has 0 radical (unpaired) electrons. The summed E-state index contributed by atoms with van der Waals surface area (Å²) in [5, 5.41) is 7.92. The van der Waals surface area contributed by atoms with Gasteiger partial charge in [-0.05, 0) is 80.9 Å². The molecule has 1 saturated carbocycles. The van der Waals surface area contributed by atoms with Crippen LogP contribution in [-0.4, -0.2) is 30.1 Å². The Labute approximate surface area is 198 Å². The van der Waals surface area contributed by atoms with E-state index in [1.165, 1.54) is 59.8 Å². The number of H-pyrrole nitrogens is 1. The third-order valence-electron chi connectivity index (χ3n) is 6.28. The van der Waals surface area contributed by atoms with Gasteiger partial charge in [0.05, 0.1) is 12.4 Å². The van der Waals surface area contributed by atoms with E-state index in [1.54, 1.807) is 12.4 Å². The minimum Gasteiger partial charge on any atom is -0.368 e. The minimum absolute atomic E-state index is 0.565. The van der Waals surface area contributed by atoms with Gasteiger partial charge in [-0.2, -0.15) is 0 Å². The molecule has 0 atom stereocenters. The summed E-state index contributed by atoms with van der Waals surface area (Å²) in [7, 11) is 0. The molecule has 0 saturated heterocycles. The van der Waals surface area contributed by atoms with E-state index in [2.05, 4.69) is 72.0 Å². The highest BCUT2D eigenvalue weighted by Gasteiger charge is 2.12. The fraction of sp³-hybridized carbons (Fsp3) is 0.357. The first-order valence-corrected chi connectivity index (χ1v) is 11.8. The van der Waals surface area contributed by atoms with Gasteiger partial charge in [-0.15, -0.1) is 0 Å². The van der Waals surface area contributed by atoms with Crippen molar-refractivity contribution < 1.29 is 0 Å². The van der Waals surface area contributed by atoms with Crippen molar-refractivity contribution >= 4 is 23.3 Å². The fourth-order valence-electron chi connectivity index (χ4n) is 4.27. The van der Waals surface area contributed by atoms with Crippen molar-refractivity contribution in [3.63, 3.8) is 0 Å². The Morgan fingerprint density at radius 1 is 1.18 bits per heavy atom. The average Bonchev–Trinajstić information content (AvgIpc) is 3.12. The number of hydrogen-bond donors (Lipinski definition) is 3. The maximum Gasteiger partial charge on any atom is 0.0894 e. The van der Waals surface area contributed by atoms with Gasteiger partial charge in [0.25, 0.3) is 0 Å². The molecule has 0 spiro atoms. The third-order valence-corrected chi connectivity index (χ3v) is 6.28. The molecule has 1 aromatic carbocycles. The van der Waals surface area contributed by atoms with E-state index in [1.807, 2.05) is 18.4 Å². The second kappa shape index (κ2) is 12.8. The topological polar surface area (TPSA) is 64.6 Å². The molecular formula is C28H37N5. The van der Waals surface area contributed by atoms with Crippen LogP contribution in [0.3, 0.4) is 0 Å². The van der Waals surface area contributed by atoms with Crippen molar-refractivity contribution in [2.45, 2.75) is 58.4 Å². The van der Waals surface area contributed by atoms with E-state index in [0.29, 0.717) is 12.7 Å². The Morgan fingerprint density at radius 2 is 2.00 bits per heavy atom. The number of hydrogen-bond acceptors (Lipinski definition) is 4. The lowest BCUT2D eigenvalue weighted by molar-refractivity contribution is 0.378. The molecule has 3 N–H and O–H groups in total. The van der Waals surface area contributed by atoms with Gasteiger partial charge in [-0.25, -0.2) is 0 Å². The number of nitrogens with one attached hydrogen (secondary N) is 3. The van der Waals surface area contributed by atoms with Crippen molar-refractivity contribution in [2.75, 3.05) is 6.67 Å². The summed E-state index contributed by atoms with van der Waals surface area (Å²) < 4.78 is 0. The summed E-state index contributed by atoms with van der Waals surface area (Å²) in [6.45, 7) is 12.2. The van der Waals surface area contributed by atoms with Crippen LogP contribution in [0.2, 0.25) is 0 Å². The Hall–Kier alpha value is -3.18. The molecule has 1 aliphatic carbocycles. The molecule has 1 aliphatic rings. The maximum atomic E-state index is 4.86. The lowest BCUT2D eigenvalue weighted by Gasteiger charge is -2.22. The van der Waals surface area contributed by atoms with Crippen molar-refractivity contribution in [1.82, 2.24) is 15.6 Å². The van der Waals surface area contributed by atoms with E-state index in [0.717, 1.165) is 17.7 Å². The third kappa shape index (κ3) is 7.16. The van der Waals surface area contributed by atoms with Crippen LogP contribution in [-0.2, 0) is 6.42 Å². The first-order chi connectivity index (χ1) is 16.1. The minimum atomic E-state index is 0.565. The van der Waals surface area contributed by atoms with Crippen LogP contribution in [0.1, 0.15) is 48.9 Å². The van der Waals surface area contributed by atoms with Crippen LogP contribution < -0.4 is 10.6 Å². The summed E-state index contributed by atoms with van der Waals surface area (Å²) in [6, 6.07) is 7.20. The highest BCUT2D eigenvalue weighted by atomic mass is 15.0. The summed E-state index contributed by atoms with van der Waals surface area (Å²) in [5.74, 6) is 0. The lowest BCUT2D eigenvalue weighted by atomic mass is 9.96. The number of aliphatic imine (C=N–C) groups is 2. The summed E-state index contributed by atoms with van der Waals surface area (Å²) in [4.78, 5) is 12.2. The summed E-state index contributed by atoms with van der Waals surface area (Å²) in [5.41, 5.74) is 6.86. The van der Waals surface area contributed by atoms with Crippen LogP contribution in [0.4, 0.5) is 0 Å². The Morgan fingerprint density at radius 3 is 2.76 bits per heavy atom. The number of benzene rings is 1. The van der Waals surface area contributed by atoms with Crippen LogP contribution in [0.25, 0.3) is 10.9 Å². The molecule has 0 amide bonds. The first-order valence-electron chi connectivity index (χ1n) is 11.8. The summed E-state index contributed by atoms with van der Waals surface area (Å²) in [6.07, 6.45) is 18.6. The van der Waals surface area contributed by atoms with E-state index in [9.17, 15) is 0 Å². The van der Waals surface area contributed by atoms with Crippen LogP contribution in [0, 0.1) is 13.8 Å². The normalized spacial score (nSPS) is 16.2. The van der Waals surface area contributed by atoms with Gasteiger partial charge in [-0.1, -0.05) is 44.1 Å². The number of aromatic nitrogens is 1. The number of nitrogens with zero attached hydrogens (tertiary/aromatic N) is 2. The maximum absolute atomic E-state index is 4.86. The van der Waals surface area contributed by atoms with E-state index < -0.39 is 0 Å². The van der Waals surface area contributed by atoms with E-state index in [4.69, 9.17) is 4.99 Å². The quantitative estimate of drug-likeness (QED) is 0.293. The molecular weight excluding hydrogens is 406 g/mol. The Bertz CT molecular complexity index is 1060. The molecule has 0 aliphatic heterocycles. The zero-order chi connectivity index (χ0) is 23.5. The highest BCUT2D eigenvalue weighted by Crippen LogP contribution is 2.23. The average molecular weight is 444 g/mol. The number of allylic oxidation sites excluding steroid dienone is 4. The molecule has 174 valence electrons. The van der Waals surface area contributed by atoms with E-state index >= 15 is 0 Å². The monoisotopic (exact) mass is 443 g/mol. The van der Waals surface area contributed by atoms with Crippen LogP contribution in [0.5, 0.6) is 0 Å². The smallest absolute Gasteiger partial charge is 0.0894 e. The number of fused-ring (bicyclic) bond motifs is 1. The van der Waals surface area contributed by atoms with Crippen LogP contribution in [0.15, 0.2) is 77.2 Å². The number of aryl methyl sites for hydroxylation is 2. The predicted octanol–water partition coefficient (Wildman–Crippen LogP) is 6.04. The second-order valence-electron chi connectivity index (χ2n) is 8.56. The molecule has 2 aromatic rings. The molecule has 5 nitrogen and oxygen atoms in total. The molecule has 1 fully saturated rings. The Kier molecular flexibility index (Phi) is 9.45. The number of rotatable bonds is 11. The van der Waals surface area contributed by atoms with Gasteiger partial charge < -0.3 is 10.3 Å². The predicted molar refractivity (Wildman–Crippen MR) is 143 cm³/mol. The van der Waals surface area contributed by atoms with Crippen molar-refractivity contribution in [1.29, 1.82) is 0 Å². The molecule has 1 aromatic heterocycles. The van der Waals surface area contributed by atoms with Gasteiger partial charge in [0.15, 0.2) is 0 Å². The van der Waals surface area contributed by atoms with Crippen molar-refractivity contribution in [3.8, 4) is 0 Å². The zero-order valence-corrected chi connectivity index (χ0v) is 20.0. The fourth-order valence-corrected chi connectivity index (χ4v) is 4.27. The molecule has 0 unspecified atom stereocenters. The van der Waals surface area contributed by atoms with Gasteiger partial charge in [-0.3, -0.25) is 15.3 Å². The second-order valence-corrected chi connectivity index (χ2v) is 8.56. The number of aromatic amines is 1. The Balaban J connectivity index is 1.82. The van der Waals surface area contributed by atoms with Gasteiger partial charge in [0.1, 0.15) is 0 Å². The van der Waals surface area contributed by atoms with Crippen molar-refractivity contribution in [2.24, 2.45) is 9.98 Å². The van der Waals surface area contributed by atoms with Crippen molar-refractivity contribution in [3.05, 3.63) is 84.0 Å². The lowest BCUT2D eigenvalue weighted by Crippen LogP contribution is -2.31. The molecule has 3 rings (SSSR count). The summed E-state index contributed by atoms with van der Waals surface area (Å²) >= 11 is 0. The largest absolute Gasteiger partial charge is 0.368 e.